The van der Waals surface area contributed by atoms with Gasteiger partial charge in [-0.3, -0.25) is 0 Å². The first-order valence-electron chi connectivity index (χ1n) is 6.96. The minimum atomic E-state index is -3.05. The van der Waals surface area contributed by atoms with Crippen LogP contribution < -0.4 is 4.74 Å². The van der Waals surface area contributed by atoms with Gasteiger partial charge in [-0.1, -0.05) is 17.7 Å². The molecule has 130 valence electrons. The fourth-order valence-electron chi connectivity index (χ4n) is 2.33. The monoisotopic (exact) mass is 371 g/mol. The molecule has 3 rings (SSSR count). The zero-order valence-corrected chi connectivity index (χ0v) is 13.4. The van der Waals surface area contributed by atoms with Crippen molar-refractivity contribution in [2.45, 2.75) is 6.61 Å². The Hall–Kier alpha value is -2.61. The number of imidazole rings is 1. The van der Waals surface area contributed by atoms with Crippen LogP contribution in [0.4, 0.5) is 17.6 Å². The Kier molecular flexibility index (Phi) is 4.63. The molecule has 0 amide bonds. The Morgan fingerprint density at radius 3 is 2.44 bits per heavy atom. The van der Waals surface area contributed by atoms with Gasteiger partial charge in [-0.15, -0.1) is 0 Å². The number of rotatable bonds is 4. The molecular formula is C16H10ClF4N3O. The lowest BCUT2D eigenvalue weighted by Crippen LogP contribution is -2.05. The highest BCUT2D eigenvalue weighted by molar-refractivity contribution is 6.33. The summed E-state index contributed by atoms with van der Waals surface area (Å²) in [5.74, 6) is -1.90. The van der Waals surface area contributed by atoms with Crippen LogP contribution in [0.2, 0.25) is 5.02 Å². The lowest BCUT2D eigenvalue weighted by molar-refractivity contribution is -0.0527. The average molecular weight is 372 g/mol. The molecule has 3 aromatic rings. The van der Waals surface area contributed by atoms with Crippen LogP contribution in [0.25, 0.3) is 22.8 Å². The van der Waals surface area contributed by atoms with E-state index in [4.69, 9.17) is 11.6 Å². The summed E-state index contributed by atoms with van der Waals surface area (Å²) >= 11 is 6.06. The van der Waals surface area contributed by atoms with Gasteiger partial charge in [0.05, 0.1) is 22.5 Å². The van der Waals surface area contributed by atoms with E-state index in [9.17, 15) is 17.6 Å². The van der Waals surface area contributed by atoms with E-state index in [-0.39, 0.29) is 33.7 Å². The molecule has 0 unspecified atom stereocenters. The second kappa shape index (κ2) is 6.72. The molecule has 2 heterocycles. The third kappa shape index (κ3) is 3.30. The first-order valence-corrected chi connectivity index (χ1v) is 7.34. The summed E-state index contributed by atoms with van der Waals surface area (Å²) in [4.78, 5) is 7.92. The minimum Gasteiger partial charge on any atom is -0.417 e. The van der Waals surface area contributed by atoms with Crippen LogP contribution >= 0.6 is 11.6 Å². The molecule has 0 spiro atoms. The van der Waals surface area contributed by atoms with E-state index in [2.05, 4.69) is 14.7 Å². The van der Waals surface area contributed by atoms with E-state index < -0.39 is 18.2 Å². The third-order valence-electron chi connectivity index (χ3n) is 3.45. The van der Waals surface area contributed by atoms with Crippen molar-refractivity contribution >= 4 is 11.6 Å². The number of pyridine rings is 1. The minimum absolute atomic E-state index is 0.00338. The number of nitrogens with zero attached hydrogens (tertiary/aromatic N) is 3. The van der Waals surface area contributed by atoms with Gasteiger partial charge in [0, 0.05) is 13.1 Å². The molecular weight excluding hydrogens is 362 g/mol. The highest BCUT2D eigenvalue weighted by atomic mass is 35.5. The van der Waals surface area contributed by atoms with Crippen molar-refractivity contribution in [3.05, 3.63) is 53.2 Å². The lowest BCUT2D eigenvalue weighted by atomic mass is 10.2. The SMILES string of the molecule is Cn1c(-c2nc(OC(F)F)ccc2Cl)cnc1-c1c(F)cccc1F. The molecule has 0 saturated carbocycles. The van der Waals surface area contributed by atoms with Crippen molar-refractivity contribution in [3.63, 3.8) is 0 Å². The van der Waals surface area contributed by atoms with Crippen molar-refractivity contribution in [1.82, 2.24) is 14.5 Å². The van der Waals surface area contributed by atoms with Crippen LogP contribution in [-0.4, -0.2) is 21.1 Å². The molecule has 9 heteroatoms. The number of benzene rings is 1. The summed E-state index contributed by atoms with van der Waals surface area (Å²) in [6, 6.07) is 5.97. The topological polar surface area (TPSA) is 39.9 Å². The van der Waals surface area contributed by atoms with Crippen LogP contribution in [0.3, 0.4) is 0 Å². The molecule has 0 N–H and O–H groups in total. The van der Waals surface area contributed by atoms with Crippen molar-refractivity contribution in [2.24, 2.45) is 7.05 Å². The third-order valence-corrected chi connectivity index (χ3v) is 3.75. The zero-order chi connectivity index (χ0) is 18.1. The molecule has 0 bridgehead atoms. The average Bonchev–Trinajstić information content (AvgIpc) is 2.90. The Bertz CT molecular complexity index is 909. The number of aromatic nitrogens is 3. The van der Waals surface area contributed by atoms with Gasteiger partial charge in [0.1, 0.15) is 23.2 Å². The van der Waals surface area contributed by atoms with E-state index >= 15 is 0 Å². The van der Waals surface area contributed by atoms with Crippen molar-refractivity contribution in [2.75, 3.05) is 0 Å². The second-order valence-electron chi connectivity index (χ2n) is 4.98. The van der Waals surface area contributed by atoms with Gasteiger partial charge < -0.3 is 9.30 Å². The Morgan fingerprint density at radius 1 is 1.12 bits per heavy atom. The standard InChI is InChI=1S/C16H10ClF4N3O/c1-24-11(14-8(17)5-6-12(23-14)25-16(20)21)7-22-15(24)13-9(18)3-2-4-10(13)19/h2-7,16H,1H3. The number of ether oxygens (including phenoxy) is 1. The molecule has 0 aliphatic heterocycles. The maximum absolute atomic E-state index is 14.0. The summed E-state index contributed by atoms with van der Waals surface area (Å²) < 4.78 is 58.3. The van der Waals surface area contributed by atoms with Gasteiger partial charge in [-0.2, -0.15) is 8.78 Å². The van der Waals surface area contributed by atoms with Gasteiger partial charge in [0.2, 0.25) is 5.88 Å². The first-order chi connectivity index (χ1) is 11.9. The van der Waals surface area contributed by atoms with Gasteiger partial charge in [-0.05, 0) is 18.2 Å². The molecule has 0 atom stereocenters. The number of hydrogen-bond acceptors (Lipinski definition) is 3. The first kappa shape index (κ1) is 17.2. The van der Waals surface area contributed by atoms with E-state index in [0.717, 1.165) is 12.1 Å². The van der Waals surface area contributed by atoms with Crippen LogP contribution in [0.5, 0.6) is 5.88 Å². The van der Waals surface area contributed by atoms with Crippen molar-refractivity contribution < 1.29 is 22.3 Å². The fourth-order valence-corrected chi connectivity index (χ4v) is 2.54. The molecule has 0 fully saturated rings. The smallest absolute Gasteiger partial charge is 0.388 e. The fraction of sp³-hybridized carbons (Fsp3) is 0.125. The predicted octanol–water partition coefficient (Wildman–Crippen LogP) is 4.68. The summed E-state index contributed by atoms with van der Waals surface area (Å²) in [7, 11) is 1.50. The van der Waals surface area contributed by atoms with Crippen molar-refractivity contribution in [1.29, 1.82) is 0 Å². The zero-order valence-electron chi connectivity index (χ0n) is 12.7. The van der Waals surface area contributed by atoms with E-state index in [1.54, 1.807) is 0 Å². The van der Waals surface area contributed by atoms with E-state index in [1.807, 2.05) is 0 Å². The van der Waals surface area contributed by atoms with Gasteiger partial charge in [0.25, 0.3) is 0 Å². The summed E-state index contributed by atoms with van der Waals surface area (Å²) in [5.41, 5.74) is 0.0625. The lowest BCUT2D eigenvalue weighted by Gasteiger charge is -2.10. The Balaban J connectivity index is 2.11. The maximum atomic E-state index is 14.0. The molecule has 0 aliphatic carbocycles. The summed E-state index contributed by atoms with van der Waals surface area (Å²) in [6.45, 7) is -3.05. The Morgan fingerprint density at radius 2 is 1.80 bits per heavy atom. The Labute approximate surface area is 144 Å². The van der Waals surface area contributed by atoms with Crippen LogP contribution in [0.1, 0.15) is 0 Å². The second-order valence-corrected chi connectivity index (χ2v) is 5.39. The van der Waals surface area contributed by atoms with E-state index in [0.29, 0.717) is 0 Å². The quantitative estimate of drug-likeness (QED) is 0.625. The number of alkyl halides is 2. The van der Waals surface area contributed by atoms with Crippen LogP contribution in [0, 0.1) is 11.6 Å². The van der Waals surface area contributed by atoms with Crippen LogP contribution in [-0.2, 0) is 7.05 Å². The highest BCUT2D eigenvalue weighted by Crippen LogP contribution is 2.32. The molecule has 1 aromatic carbocycles. The van der Waals surface area contributed by atoms with Gasteiger partial charge in [-0.25, -0.2) is 18.7 Å². The number of halogens is 5. The summed E-state index contributed by atoms with van der Waals surface area (Å²) in [6.07, 6.45) is 1.29. The normalized spacial score (nSPS) is 11.2. The maximum Gasteiger partial charge on any atom is 0.388 e. The number of hydrogen-bond donors (Lipinski definition) is 0. The molecule has 2 aromatic heterocycles. The molecule has 25 heavy (non-hydrogen) atoms. The predicted molar refractivity (Wildman–Crippen MR) is 83.4 cm³/mol. The molecule has 0 saturated heterocycles. The van der Waals surface area contributed by atoms with Gasteiger partial charge in [0.15, 0.2) is 0 Å². The summed E-state index contributed by atoms with van der Waals surface area (Å²) in [5, 5.41) is 0.144. The largest absolute Gasteiger partial charge is 0.417 e. The highest BCUT2D eigenvalue weighted by Gasteiger charge is 2.20. The molecule has 0 aliphatic rings. The molecule has 0 radical (unpaired) electrons. The molecule has 4 nitrogen and oxygen atoms in total. The van der Waals surface area contributed by atoms with Gasteiger partial charge >= 0.3 is 6.61 Å². The van der Waals surface area contributed by atoms with Crippen molar-refractivity contribution in [3.8, 4) is 28.7 Å². The van der Waals surface area contributed by atoms with Crippen LogP contribution in [0.15, 0.2) is 36.5 Å². The van der Waals surface area contributed by atoms with E-state index in [1.165, 1.54) is 36.0 Å².